The Labute approximate surface area is 132 Å². The molecule has 1 N–H and O–H groups in total. The van der Waals surface area contributed by atoms with E-state index < -0.39 is 0 Å². The minimum atomic E-state index is 0.557. The molecule has 1 heterocycles. The van der Waals surface area contributed by atoms with Gasteiger partial charge in [-0.15, -0.1) is 11.3 Å². The summed E-state index contributed by atoms with van der Waals surface area (Å²) in [6, 6.07) is 11.8. The van der Waals surface area contributed by atoms with Crippen LogP contribution in [0.25, 0.3) is 10.1 Å². The van der Waals surface area contributed by atoms with Crippen molar-refractivity contribution in [3.63, 3.8) is 0 Å². The van der Waals surface area contributed by atoms with Gasteiger partial charge in [-0.05, 0) is 48.7 Å². The van der Waals surface area contributed by atoms with Gasteiger partial charge in [-0.25, -0.2) is 0 Å². The molecule has 2 heteroatoms. The van der Waals surface area contributed by atoms with E-state index >= 15 is 0 Å². The molecule has 1 nitrogen and oxygen atoms in total. The summed E-state index contributed by atoms with van der Waals surface area (Å²) in [6.45, 7) is 5.65. The van der Waals surface area contributed by atoms with Gasteiger partial charge in [0.05, 0.1) is 0 Å². The predicted octanol–water partition coefficient (Wildman–Crippen LogP) is 5.77. The second-order valence-corrected chi connectivity index (χ2v) is 7.54. The summed E-state index contributed by atoms with van der Waals surface area (Å²) >= 11 is 1.99. The molecule has 1 aliphatic rings. The molecule has 1 aromatic carbocycles. The van der Waals surface area contributed by atoms with Crippen LogP contribution in [0.15, 0.2) is 30.3 Å². The Morgan fingerprint density at radius 3 is 2.86 bits per heavy atom. The largest absolute Gasteiger partial charge is 0.309 e. The summed E-state index contributed by atoms with van der Waals surface area (Å²) in [5, 5.41) is 5.19. The molecule has 0 aliphatic heterocycles. The van der Waals surface area contributed by atoms with Crippen LogP contribution in [0.4, 0.5) is 0 Å². The van der Waals surface area contributed by atoms with E-state index in [9.17, 15) is 0 Å². The lowest BCUT2D eigenvalue weighted by Crippen LogP contribution is -2.31. The fourth-order valence-corrected chi connectivity index (χ4v) is 5.12. The molecule has 0 bridgehead atoms. The number of hydrogen-bond donors (Lipinski definition) is 1. The van der Waals surface area contributed by atoms with Crippen LogP contribution in [0.5, 0.6) is 0 Å². The Bertz CT molecular complexity index is 541. The molecule has 0 saturated heterocycles. The van der Waals surface area contributed by atoms with Crippen LogP contribution < -0.4 is 5.32 Å². The molecule has 3 atom stereocenters. The average Bonchev–Trinajstić information content (AvgIpc) is 2.96. The Morgan fingerprint density at radius 2 is 2.10 bits per heavy atom. The summed E-state index contributed by atoms with van der Waals surface area (Å²) in [6.07, 6.45) is 7.00. The van der Waals surface area contributed by atoms with Crippen LogP contribution >= 0.6 is 11.3 Å². The van der Waals surface area contributed by atoms with Crippen molar-refractivity contribution in [3.05, 3.63) is 35.2 Å². The fraction of sp³-hybridized carbons (Fsp3) is 0.579. The lowest BCUT2D eigenvalue weighted by atomic mass is 9.76. The Morgan fingerprint density at radius 1 is 1.24 bits per heavy atom. The minimum Gasteiger partial charge on any atom is -0.309 e. The van der Waals surface area contributed by atoms with Crippen molar-refractivity contribution in [2.75, 3.05) is 6.54 Å². The molecule has 114 valence electrons. The third kappa shape index (κ3) is 3.32. The van der Waals surface area contributed by atoms with Crippen molar-refractivity contribution in [2.45, 2.75) is 52.0 Å². The maximum absolute atomic E-state index is 3.78. The van der Waals surface area contributed by atoms with Crippen LogP contribution in [0, 0.1) is 11.8 Å². The van der Waals surface area contributed by atoms with Gasteiger partial charge >= 0.3 is 0 Å². The first-order chi connectivity index (χ1) is 10.3. The predicted molar refractivity (Wildman–Crippen MR) is 94.0 cm³/mol. The molecule has 1 saturated carbocycles. The van der Waals surface area contributed by atoms with Crippen molar-refractivity contribution in [1.82, 2.24) is 5.32 Å². The second-order valence-electron chi connectivity index (χ2n) is 6.42. The maximum Gasteiger partial charge on any atom is 0.0443 e. The molecule has 3 rings (SSSR count). The van der Waals surface area contributed by atoms with Gasteiger partial charge in [-0.2, -0.15) is 0 Å². The van der Waals surface area contributed by atoms with Crippen LogP contribution in [-0.4, -0.2) is 6.54 Å². The van der Waals surface area contributed by atoms with Gasteiger partial charge in [0.15, 0.2) is 0 Å². The minimum absolute atomic E-state index is 0.557. The van der Waals surface area contributed by atoms with E-state index in [-0.39, 0.29) is 0 Å². The first-order valence-corrected chi connectivity index (χ1v) is 9.35. The fourth-order valence-electron chi connectivity index (χ4n) is 3.88. The molecular weight excluding hydrogens is 274 g/mol. The lowest BCUT2D eigenvalue weighted by Gasteiger charge is -2.34. The molecule has 21 heavy (non-hydrogen) atoms. The summed E-state index contributed by atoms with van der Waals surface area (Å²) in [5.41, 5.74) is 0. The zero-order chi connectivity index (χ0) is 14.7. The van der Waals surface area contributed by atoms with Crippen LogP contribution in [-0.2, 0) is 0 Å². The number of hydrogen-bond acceptors (Lipinski definition) is 2. The van der Waals surface area contributed by atoms with E-state index in [4.69, 9.17) is 0 Å². The molecule has 0 radical (unpaired) electrons. The van der Waals surface area contributed by atoms with Gasteiger partial charge in [0.25, 0.3) is 0 Å². The SMILES string of the molecule is CCNC(c1cc2ccccc2s1)C1CCCC(CC)C1. The molecule has 0 amide bonds. The highest BCUT2D eigenvalue weighted by Gasteiger charge is 2.29. The first-order valence-electron chi connectivity index (χ1n) is 8.53. The van der Waals surface area contributed by atoms with Gasteiger partial charge in [-0.1, -0.05) is 51.3 Å². The van der Waals surface area contributed by atoms with Crippen molar-refractivity contribution in [2.24, 2.45) is 11.8 Å². The molecule has 1 fully saturated rings. The zero-order valence-corrected chi connectivity index (χ0v) is 14.1. The van der Waals surface area contributed by atoms with Crippen molar-refractivity contribution in [3.8, 4) is 0 Å². The smallest absolute Gasteiger partial charge is 0.0443 e. The van der Waals surface area contributed by atoms with Crippen LogP contribution in [0.3, 0.4) is 0 Å². The molecule has 0 spiro atoms. The molecule has 2 aromatic rings. The Balaban J connectivity index is 1.86. The summed E-state index contributed by atoms with van der Waals surface area (Å²) in [7, 11) is 0. The van der Waals surface area contributed by atoms with E-state index in [0.717, 1.165) is 18.4 Å². The summed E-state index contributed by atoms with van der Waals surface area (Å²) in [5.74, 6) is 1.76. The number of nitrogens with one attached hydrogen (secondary N) is 1. The lowest BCUT2D eigenvalue weighted by molar-refractivity contribution is 0.212. The van der Waals surface area contributed by atoms with Crippen molar-refractivity contribution < 1.29 is 0 Å². The van der Waals surface area contributed by atoms with Crippen molar-refractivity contribution >= 4 is 21.4 Å². The highest BCUT2D eigenvalue weighted by molar-refractivity contribution is 7.19. The number of fused-ring (bicyclic) bond motifs is 1. The normalized spacial score (nSPS) is 24.3. The van der Waals surface area contributed by atoms with Gasteiger partial charge in [0, 0.05) is 15.6 Å². The Hall–Kier alpha value is -0.860. The maximum atomic E-state index is 3.78. The molecule has 1 aliphatic carbocycles. The van der Waals surface area contributed by atoms with Gasteiger partial charge < -0.3 is 5.32 Å². The van der Waals surface area contributed by atoms with Gasteiger partial charge in [-0.3, -0.25) is 0 Å². The standard InChI is InChI=1S/C19H27NS/c1-3-14-8-7-10-16(12-14)19(20-4-2)18-13-15-9-5-6-11-17(15)21-18/h5-6,9,11,13-14,16,19-20H,3-4,7-8,10,12H2,1-2H3. The van der Waals surface area contributed by atoms with E-state index in [0.29, 0.717) is 6.04 Å². The monoisotopic (exact) mass is 301 g/mol. The molecular formula is C19H27NS. The molecule has 3 unspecified atom stereocenters. The quantitative estimate of drug-likeness (QED) is 0.739. The second kappa shape index (κ2) is 6.93. The third-order valence-corrected chi connectivity index (χ3v) is 6.25. The highest BCUT2D eigenvalue weighted by atomic mass is 32.1. The van der Waals surface area contributed by atoms with E-state index in [1.807, 2.05) is 11.3 Å². The van der Waals surface area contributed by atoms with Gasteiger partial charge in [0.1, 0.15) is 0 Å². The third-order valence-electron chi connectivity index (χ3n) is 5.05. The van der Waals surface area contributed by atoms with Crippen LogP contribution in [0.2, 0.25) is 0 Å². The van der Waals surface area contributed by atoms with Crippen LogP contribution in [0.1, 0.15) is 56.9 Å². The molecule has 1 aromatic heterocycles. The van der Waals surface area contributed by atoms with E-state index in [2.05, 4.69) is 49.5 Å². The van der Waals surface area contributed by atoms with Gasteiger partial charge in [0.2, 0.25) is 0 Å². The number of benzene rings is 1. The summed E-state index contributed by atoms with van der Waals surface area (Å²) < 4.78 is 1.43. The first kappa shape index (κ1) is 15.1. The van der Waals surface area contributed by atoms with E-state index in [1.165, 1.54) is 42.2 Å². The van der Waals surface area contributed by atoms with Crippen molar-refractivity contribution in [1.29, 1.82) is 0 Å². The topological polar surface area (TPSA) is 12.0 Å². The summed E-state index contributed by atoms with van der Waals surface area (Å²) in [4.78, 5) is 1.54. The zero-order valence-electron chi connectivity index (χ0n) is 13.3. The highest BCUT2D eigenvalue weighted by Crippen LogP contribution is 2.41. The van der Waals surface area contributed by atoms with E-state index in [1.54, 1.807) is 4.88 Å². The number of thiophene rings is 1. The average molecular weight is 301 g/mol. The number of rotatable bonds is 5. The Kier molecular flexibility index (Phi) is 4.97.